The fourth-order valence-corrected chi connectivity index (χ4v) is 7.26. The summed E-state index contributed by atoms with van der Waals surface area (Å²) in [4.78, 5) is 13.7. The number of sulfonamides is 1. The van der Waals surface area contributed by atoms with Crippen LogP contribution in [0, 0.1) is 0 Å². The lowest BCUT2D eigenvalue weighted by atomic mass is 10.1. The standard InChI is InChI=1S/C31H35N3O6S2/c1-38-25-12-13-28(40-3)26(18-25)29-14-15-31(41-29)42(36,37)34(17-16-24-6-4-5-7-27(24)39-2)21-30(35)33-20-23-10-8-22(19-32)9-11-23/h4-15,18H,16-17,19-21,32H2,1-3H3,(H,33,35). The average Bonchev–Trinajstić information content (AvgIpc) is 3.53. The molecule has 0 saturated heterocycles. The third-order valence-corrected chi connectivity index (χ3v) is 10.2. The zero-order chi connectivity index (χ0) is 30.1. The number of thiophene rings is 1. The predicted molar refractivity (Wildman–Crippen MR) is 164 cm³/mol. The van der Waals surface area contributed by atoms with Crippen LogP contribution in [0.3, 0.4) is 0 Å². The molecule has 9 nitrogen and oxygen atoms in total. The van der Waals surface area contributed by atoms with Crippen LogP contribution < -0.4 is 25.3 Å². The molecule has 4 aromatic rings. The SMILES string of the molecule is COc1ccc(OC)c(-c2ccc(S(=O)(=O)N(CCc3ccccc3OC)CC(=O)NCc3ccc(CN)cc3)s2)c1. The Morgan fingerprint density at radius 1 is 0.881 bits per heavy atom. The normalized spacial score (nSPS) is 11.4. The van der Waals surface area contributed by atoms with Gasteiger partial charge in [0.25, 0.3) is 10.0 Å². The number of nitrogens with two attached hydrogens (primary N) is 1. The summed E-state index contributed by atoms with van der Waals surface area (Å²) in [6.45, 7) is 0.439. The van der Waals surface area contributed by atoms with E-state index in [0.717, 1.165) is 28.0 Å². The van der Waals surface area contributed by atoms with Crippen molar-refractivity contribution in [1.29, 1.82) is 0 Å². The van der Waals surface area contributed by atoms with E-state index in [4.69, 9.17) is 19.9 Å². The molecule has 0 spiro atoms. The number of amides is 1. The number of carbonyl (C=O) groups is 1. The number of benzene rings is 3. The molecule has 1 amide bonds. The Labute approximate surface area is 250 Å². The number of nitrogens with one attached hydrogen (secondary N) is 1. The highest BCUT2D eigenvalue weighted by atomic mass is 32.2. The largest absolute Gasteiger partial charge is 0.497 e. The highest BCUT2D eigenvalue weighted by Gasteiger charge is 2.29. The van der Waals surface area contributed by atoms with Crippen LogP contribution in [0.5, 0.6) is 17.2 Å². The van der Waals surface area contributed by atoms with Gasteiger partial charge in [-0.05, 0) is 59.5 Å². The first-order valence-corrected chi connectivity index (χ1v) is 15.5. The molecule has 0 bridgehead atoms. The summed E-state index contributed by atoms with van der Waals surface area (Å²) in [7, 11) is 0.656. The van der Waals surface area contributed by atoms with Crippen LogP contribution in [-0.2, 0) is 34.3 Å². The van der Waals surface area contributed by atoms with Gasteiger partial charge in [-0.25, -0.2) is 8.42 Å². The van der Waals surface area contributed by atoms with Crippen molar-refractivity contribution in [2.75, 3.05) is 34.4 Å². The first-order chi connectivity index (χ1) is 20.3. The maximum absolute atomic E-state index is 14.0. The molecular formula is C31H35N3O6S2. The zero-order valence-electron chi connectivity index (χ0n) is 23.8. The third-order valence-electron chi connectivity index (χ3n) is 6.74. The molecule has 0 fully saturated rings. The minimum Gasteiger partial charge on any atom is -0.497 e. The van der Waals surface area contributed by atoms with Gasteiger partial charge >= 0.3 is 0 Å². The summed E-state index contributed by atoms with van der Waals surface area (Å²) in [6, 6.07) is 23.6. The van der Waals surface area contributed by atoms with Crippen molar-refractivity contribution in [3.63, 3.8) is 0 Å². The number of carbonyl (C=O) groups excluding carboxylic acids is 1. The van der Waals surface area contributed by atoms with Crippen LogP contribution in [-0.4, -0.2) is 53.0 Å². The van der Waals surface area contributed by atoms with Crippen LogP contribution in [0.25, 0.3) is 10.4 Å². The minimum atomic E-state index is -4.04. The van der Waals surface area contributed by atoms with Crippen molar-refractivity contribution in [2.24, 2.45) is 5.73 Å². The molecule has 0 unspecified atom stereocenters. The van der Waals surface area contributed by atoms with E-state index in [-0.39, 0.29) is 23.8 Å². The molecular weight excluding hydrogens is 574 g/mol. The molecule has 4 rings (SSSR count). The number of methoxy groups -OCH3 is 3. The fraction of sp³-hybridized carbons (Fsp3) is 0.258. The highest BCUT2D eigenvalue weighted by Crippen LogP contribution is 2.39. The van der Waals surface area contributed by atoms with Gasteiger partial charge in [0, 0.05) is 30.1 Å². The van der Waals surface area contributed by atoms with Crippen LogP contribution in [0.1, 0.15) is 16.7 Å². The van der Waals surface area contributed by atoms with Gasteiger partial charge in [-0.15, -0.1) is 11.3 Å². The maximum Gasteiger partial charge on any atom is 0.253 e. The quantitative estimate of drug-likeness (QED) is 0.217. The molecule has 0 radical (unpaired) electrons. The van der Waals surface area contributed by atoms with Crippen molar-refractivity contribution < 1.29 is 27.4 Å². The molecule has 0 aliphatic heterocycles. The molecule has 11 heteroatoms. The van der Waals surface area contributed by atoms with Crippen LogP contribution in [0.15, 0.2) is 83.1 Å². The summed E-state index contributed by atoms with van der Waals surface area (Å²) >= 11 is 1.11. The van der Waals surface area contributed by atoms with Crippen molar-refractivity contribution in [1.82, 2.24) is 9.62 Å². The second-order valence-corrected chi connectivity index (χ2v) is 12.6. The van der Waals surface area contributed by atoms with E-state index < -0.39 is 15.9 Å². The zero-order valence-corrected chi connectivity index (χ0v) is 25.5. The Morgan fingerprint density at radius 3 is 2.29 bits per heavy atom. The van der Waals surface area contributed by atoms with E-state index in [1.807, 2.05) is 48.5 Å². The Morgan fingerprint density at radius 2 is 1.60 bits per heavy atom. The molecule has 0 aliphatic carbocycles. The lowest BCUT2D eigenvalue weighted by molar-refractivity contribution is -0.121. The van der Waals surface area contributed by atoms with Gasteiger partial charge in [0.1, 0.15) is 21.5 Å². The number of hydrogen-bond donors (Lipinski definition) is 2. The highest BCUT2D eigenvalue weighted by molar-refractivity contribution is 7.91. The van der Waals surface area contributed by atoms with E-state index in [9.17, 15) is 13.2 Å². The van der Waals surface area contributed by atoms with Gasteiger partial charge in [0.2, 0.25) is 5.91 Å². The van der Waals surface area contributed by atoms with Crippen molar-refractivity contribution in [2.45, 2.75) is 23.7 Å². The predicted octanol–water partition coefficient (Wildman–Crippen LogP) is 4.45. The van der Waals surface area contributed by atoms with Gasteiger partial charge in [-0.1, -0.05) is 42.5 Å². The van der Waals surface area contributed by atoms with E-state index in [1.54, 1.807) is 51.7 Å². The number of nitrogens with zero attached hydrogens (tertiary/aromatic N) is 1. The van der Waals surface area contributed by atoms with E-state index in [2.05, 4.69) is 5.32 Å². The summed E-state index contributed by atoms with van der Waals surface area (Å²) < 4.78 is 45.6. The monoisotopic (exact) mass is 609 g/mol. The molecule has 0 aliphatic rings. The Balaban J connectivity index is 1.58. The van der Waals surface area contributed by atoms with E-state index in [1.165, 1.54) is 4.31 Å². The molecule has 42 heavy (non-hydrogen) atoms. The van der Waals surface area contributed by atoms with E-state index >= 15 is 0 Å². The summed E-state index contributed by atoms with van der Waals surface area (Å²) in [5, 5.41) is 2.84. The van der Waals surface area contributed by atoms with Crippen LogP contribution in [0.2, 0.25) is 0 Å². The first-order valence-electron chi connectivity index (χ1n) is 13.3. The second-order valence-electron chi connectivity index (χ2n) is 9.38. The van der Waals surface area contributed by atoms with Crippen LogP contribution >= 0.6 is 11.3 Å². The Kier molecular flexibility index (Phi) is 10.6. The molecule has 0 saturated carbocycles. The summed E-state index contributed by atoms with van der Waals surface area (Å²) in [5.41, 5.74) is 9.09. The minimum absolute atomic E-state index is 0.0804. The van der Waals surface area contributed by atoms with Gasteiger partial charge < -0.3 is 25.3 Å². The summed E-state index contributed by atoms with van der Waals surface area (Å²) in [6.07, 6.45) is 0.360. The molecule has 222 valence electrons. The van der Waals surface area contributed by atoms with Crippen molar-refractivity contribution in [3.8, 4) is 27.7 Å². The first kappa shape index (κ1) is 31.0. The van der Waals surface area contributed by atoms with Crippen molar-refractivity contribution >= 4 is 27.3 Å². The summed E-state index contributed by atoms with van der Waals surface area (Å²) in [5.74, 6) is 1.46. The topological polar surface area (TPSA) is 120 Å². The van der Waals surface area contributed by atoms with E-state index in [0.29, 0.717) is 40.7 Å². The number of ether oxygens (including phenoxy) is 3. The second kappa shape index (κ2) is 14.3. The van der Waals surface area contributed by atoms with Gasteiger partial charge in [0.15, 0.2) is 0 Å². The van der Waals surface area contributed by atoms with Gasteiger partial charge in [-0.3, -0.25) is 4.79 Å². The number of hydrogen-bond acceptors (Lipinski definition) is 8. The number of rotatable bonds is 14. The van der Waals surface area contributed by atoms with Crippen molar-refractivity contribution in [3.05, 3.63) is 95.6 Å². The molecule has 3 N–H and O–H groups in total. The molecule has 0 atom stereocenters. The molecule has 1 heterocycles. The lowest BCUT2D eigenvalue weighted by Gasteiger charge is -2.21. The smallest absolute Gasteiger partial charge is 0.253 e. The van der Waals surface area contributed by atoms with Gasteiger partial charge in [0.05, 0.1) is 27.9 Å². The lowest BCUT2D eigenvalue weighted by Crippen LogP contribution is -2.41. The fourth-order valence-electron chi connectivity index (χ4n) is 4.39. The Hall–Kier alpha value is -3.90. The average molecular weight is 610 g/mol. The Bertz CT molecular complexity index is 1600. The number of para-hydroxylation sites is 1. The third kappa shape index (κ3) is 7.48. The van der Waals surface area contributed by atoms with Gasteiger partial charge in [-0.2, -0.15) is 4.31 Å². The maximum atomic E-state index is 14.0. The van der Waals surface area contributed by atoms with Crippen LogP contribution in [0.4, 0.5) is 0 Å². The molecule has 3 aromatic carbocycles. The molecule has 1 aromatic heterocycles.